The van der Waals surface area contributed by atoms with Gasteiger partial charge in [-0.3, -0.25) is 15.0 Å². The van der Waals surface area contributed by atoms with Crippen LogP contribution in [0.5, 0.6) is 0 Å². The van der Waals surface area contributed by atoms with Crippen LogP contribution in [-0.4, -0.2) is 16.1 Å². The number of hydrogen-bond donors (Lipinski definition) is 2. The van der Waals surface area contributed by atoms with Crippen LogP contribution in [-0.2, 0) is 4.79 Å². The third kappa shape index (κ3) is 3.97. The highest BCUT2D eigenvalue weighted by Crippen LogP contribution is 2.30. The van der Waals surface area contributed by atoms with Crippen LogP contribution in [0.3, 0.4) is 0 Å². The zero-order valence-electron chi connectivity index (χ0n) is 12.1. The zero-order chi connectivity index (χ0) is 16.1. The monoisotopic (exact) mass is 322 g/mol. The highest BCUT2D eigenvalue weighted by atomic mass is 32.2. The van der Waals surface area contributed by atoms with E-state index < -0.39 is 5.91 Å². The average Bonchev–Trinajstić information content (AvgIpc) is 2.60. The van der Waals surface area contributed by atoms with Gasteiger partial charge in [0.2, 0.25) is 0 Å². The van der Waals surface area contributed by atoms with Gasteiger partial charge in [-0.2, -0.15) is 0 Å². The third-order valence-corrected chi connectivity index (χ3v) is 4.22. The first kappa shape index (κ1) is 15.3. The highest BCUT2D eigenvalue weighted by Gasteiger charge is 2.01. The number of nitrogens with one attached hydrogen (secondary N) is 1. The van der Waals surface area contributed by atoms with Crippen LogP contribution >= 0.6 is 11.8 Å². The van der Waals surface area contributed by atoms with Crippen molar-refractivity contribution in [1.29, 1.82) is 0 Å². The van der Waals surface area contributed by atoms with E-state index in [1.807, 2.05) is 36.5 Å². The number of aromatic nitrogens is 1. The van der Waals surface area contributed by atoms with E-state index >= 15 is 0 Å². The van der Waals surface area contributed by atoms with Crippen molar-refractivity contribution in [3.8, 4) is 0 Å². The van der Waals surface area contributed by atoms with Crippen molar-refractivity contribution in [2.75, 3.05) is 0 Å². The van der Waals surface area contributed by atoms with Gasteiger partial charge >= 0.3 is 0 Å². The van der Waals surface area contributed by atoms with E-state index in [-0.39, 0.29) is 0 Å². The number of fused-ring (bicyclic) bond motifs is 1. The molecule has 4 nitrogen and oxygen atoms in total. The van der Waals surface area contributed by atoms with Crippen LogP contribution in [0.1, 0.15) is 5.56 Å². The van der Waals surface area contributed by atoms with Crippen LogP contribution in [0.4, 0.5) is 0 Å². The number of nitrogens with zero attached hydrogens (tertiary/aromatic N) is 1. The molecule has 1 amide bonds. The van der Waals surface area contributed by atoms with Crippen molar-refractivity contribution in [2.45, 2.75) is 9.79 Å². The molecular weight excluding hydrogens is 308 g/mol. The lowest BCUT2D eigenvalue weighted by Gasteiger charge is -2.04. The molecule has 0 bridgehead atoms. The van der Waals surface area contributed by atoms with E-state index in [1.54, 1.807) is 29.5 Å². The summed E-state index contributed by atoms with van der Waals surface area (Å²) in [6, 6.07) is 16.1. The Bertz CT molecular complexity index is 878. The Balaban J connectivity index is 1.81. The number of amides is 1. The second-order valence-electron chi connectivity index (χ2n) is 4.87. The van der Waals surface area contributed by atoms with Gasteiger partial charge in [0.15, 0.2) is 0 Å². The molecule has 23 heavy (non-hydrogen) atoms. The lowest BCUT2D eigenvalue weighted by atomic mass is 10.2. The zero-order valence-corrected chi connectivity index (χ0v) is 13.0. The number of carbonyl (C=O) groups excluding carboxylic acids is 1. The predicted octanol–water partition coefficient (Wildman–Crippen LogP) is 3.90. The molecule has 1 aromatic heterocycles. The van der Waals surface area contributed by atoms with Gasteiger partial charge in [-0.1, -0.05) is 30.0 Å². The van der Waals surface area contributed by atoms with E-state index in [4.69, 9.17) is 5.21 Å². The molecule has 5 heteroatoms. The van der Waals surface area contributed by atoms with Gasteiger partial charge in [-0.15, -0.1) is 0 Å². The molecule has 0 saturated heterocycles. The van der Waals surface area contributed by atoms with Crippen LogP contribution in [0, 0.1) is 0 Å². The van der Waals surface area contributed by atoms with Crippen LogP contribution in [0.2, 0.25) is 0 Å². The molecule has 0 radical (unpaired) electrons. The van der Waals surface area contributed by atoms with E-state index in [9.17, 15) is 4.79 Å². The third-order valence-electron chi connectivity index (χ3n) is 3.24. The van der Waals surface area contributed by atoms with Crippen LogP contribution < -0.4 is 5.48 Å². The number of rotatable bonds is 4. The van der Waals surface area contributed by atoms with Crippen LogP contribution in [0.15, 0.2) is 76.8 Å². The van der Waals surface area contributed by atoms with E-state index in [2.05, 4.69) is 23.2 Å². The number of pyridine rings is 1. The van der Waals surface area contributed by atoms with Gasteiger partial charge in [0.1, 0.15) is 0 Å². The lowest BCUT2D eigenvalue weighted by molar-refractivity contribution is -0.124. The Kier molecular flexibility index (Phi) is 4.71. The number of benzene rings is 2. The minimum atomic E-state index is -0.550. The molecule has 2 N–H and O–H groups in total. The predicted molar refractivity (Wildman–Crippen MR) is 91.3 cm³/mol. The Labute approximate surface area is 137 Å². The van der Waals surface area contributed by atoms with Crippen molar-refractivity contribution in [3.63, 3.8) is 0 Å². The minimum absolute atomic E-state index is 0.550. The van der Waals surface area contributed by atoms with Crippen LogP contribution in [0.25, 0.3) is 16.8 Å². The number of hydrogen-bond acceptors (Lipinski definition) is 4. The molecule has 0 unspecified atom stereocenters. The summed E-state index contributed by atoms with van der Waals surface area (Å²) in [5.74, 6) is -0.550. The molecule has 0 atom stereocenters. The summed E-state index contributed by atoms with van der Waals surface area (Å²) < 4.78 is 0. The van der Waals surface area contributed by atoms with Gasteiger partial charge in [0.25, 0.3) is 5.91 Å². The van der Waals surface area contributed by atoms with Crippen molar-refractivity contribution in [3.05, 3.63) is 72.6 Å². The molecule has 114 valence electrons. The fourth-order valence-corrected chi connectivity index (χ4v) is 3.09. The van der Waals surface area contributed by atoms with Crippen molar-refractivity contribution in [1.82, 2.24) is 10.5 Å². The second kappa shape index (κ2) is 7.09. The Morgan fingerprint density at radius 3 is 2.83 bits per heavy atom. The van der Waals surface area contributed by atoms with Gasteiger partial charge in [-0.05, 0) is 47.4 Å². The Hall–Kier alpha value is -2.63. The summed E-state index contributed by atoms with van der Waals surface area (Å²) in [5.41, 5.74) is 2.46. The standard InChI is InChI=1S/C18H14N2O2S/c21-18(20-22)7-4-13-2-1-3-16(10-13)23-17-6-5-15-12-19-9-8-14(15)11-17/h1-12,22H,(H,20,21)/b7-4+. The molecular formula is C18H14N2O2S. The molecule has 0 fully saturated rings. The molecule has 0 spiro atoms. The van der Waals surface area contributed by atoms with Gasteiger partial charge in [-0.25, -0.2) is 5.48 Å². The summed E-state index contributed by atoms with van der Waals surface area (Å²) >= 11 is 1.65. The summed E-state index contributed by atoms with van der Waals surface area (Å²) in [4.78, 5) is 17.4. The molecule has 0 aliphatic heterocycles. The maximum absolute atomic E-state index is 11.0. The first-order chi connectivity index (χ1) is 11.2. The smallest absolute Gasteiger partial charge is 0.267 e. The maximum atomic E-state index is 11.0. The molecule has 3 aromatic rings. The van der Waals surface area contributed by atoms with E-state index in [1.165, 1.54) is 6.08 Å². The van der Waals surface area contributed by atoms with Crippen molar-refractivity contribution < 1.29 is 10.0 Å². The molecule has 0 saturated carbocycles. The second-order valence-corrected chi connectivity index (χ2v) is 6.02. The van der Waals surface area contributed by atoms with E-state index in [0.29, 0.717) is 0 Å². The average molecular weight is 322 g/mol. The summed E-state index contributed by atoms with van der Waals surface area (Å²) in [5, 5.41) is 10.8. The first-order valence-electron chi connectivity index (χ1n) is 6.98. The Morgan fingerprint density at radius 2 is 1.96 bits per heavy atom. The van der Waals surface area contributed by atoms with Gasteiger partial charge < -0.3 is 0 Å². The molecule has 2 aromatic carbocycles. The molecule has 1 heterocycles. The minimum Gasteiger partial charge on any atom is -0.288 e. The normalized spacial score (nSPS) is 11.0. The fourth-order valence-electron chi connectivity index (χ4n) is 2.15. The molecule has 0 aliphatic carbocycles. The van der Waals surface area contributed by atoms with Gasteiger partial charge in [0, 0.05) is 33.6 Å². The van der Waals surface area contributed by atoms with Crippen molar-refractivity contribution in [2.24, 2.45) is 0 Å². The SMILES string of the molecule is O=C(/C=C/c1cccc(Sc2ccc3cnccc3c2)c1)NO. The van der Waals surface area contributed by atoms with Gasteiger partial charge in [0.05, 0.1) is 0 Å². The lowest BCUT2D eigenvalue weighted by Crippen LogP contribution is -2.14. The van der Waals surface area contributed by atoms with E-state index in [0.717, 1.165) is 26.1 Å². The Morgan fingerprint density at radius 1 is 1.09 bits per heavy atom. The first-order valence-corrected chi connectivity index (χ1v) is 7.80. The summed E-state index contributed by atoms with van der Waals surface area (Å²) in [7, 11) is 0. The fraction of sp³-hybridized carbons (Fsp3) is 0. The topological polar surface area (TPSA) is 62.2 Å². The summed E-state index contributed by atoms with van der Waals surface area (Å²) in [6.45, 7) is 0. The summed E-state index contributed by atoms with van der Waals surface area (Å²) in [6.07, 6.45) is 6.57. The number of hydroxylamine groups is 1. The molecule has 3 rings (SSSR count). The highest BCUT2D eigenvalue weighted by molar-refractivity contribution is 7.99. The quantitative estimate of drug-likeness (QED) is 0.434. The van der Waals surface area contributed by atoms with Crippen molar-refractivity contribution >= 4 is 34.5 Å². The molecule has 0 aliphatic rings. The largest absolute Gasteiger partial charge is 0.288 e. The number of carbonyl (C=O) groups is 1. The maximum Gasteiger partial charge on any atom is 0.267 e.